The fraction of sp³-hybridized carbons (Fsp3) is 0.174. The largest absolute Gasteiger partial charge is 0.375 e. The van der Waals surface area contributed by atoms with E-state index in [9.17, 15) is 14.7 Å². The van der Waals surface area contributed by atoms with Gasteiger partial charge in [0.05, 0.1) is 18.7 Å². The first-order valence-electron chi connectivity index (χ1n) is 9.21. The number of halogens is 1. The van der Waals surface area contributed by atoms with Gasteiger partial charge in [-0.2, -0.15) is 0 Å². The van der Waals surface area contributed by atoms with Crippen LogP contribution in [0.15, 0.2) is 71.5 Å². The van der Waals surface area contributed by atoms with Crippen molar-refractivity contribution in [2.24, 2.45) is 0 Å². The number of nitrogens with zero attached hydrogens (tertiary/aromatic N) is 2. The Morgan fingerprint density at radius 1 is 1.10 bits per heavy atom. The summed E-state index contributed by atoms with van der Waals surface area (Å²) in [5, 5.41) is 11.4. The van der Waals surface area contributed by atoms with Crippen LogP contribution < -0.4 is 4.90 Å². The minimum absolute atomic E-state index is 0.314. The SMILES string of the molecule is Cc1ccc(CN2C(=O)C(O)(CC(=O)c3ccncc3)c3cc(Br)ccc32)cc1. The first-order valence-corrected chi connectivity index (χ1v) is 10.0. The topological polar surface area (TPSA) is 70.5 Å². The van der Waals surface area contributed by atoms with Crippen molar-refractivity contribution in [1.29, 1.82) is 0 Å². The maximum atomic E-state index is 13.3. The molecule has 1 amide bonds. The van der Waals surface area contributed by atoms with Crippen LogP contribution in [0.4, 0.5) is 5.69 Å². The zero-order chi connectivity index (χ0) is 20.6. The molecule has 3 aromatic rings. The molecule has 0 saturated carbocycles. The van der Waals surface area contributed by atoms with Crippen molar-refractivity contribution in [2.45, 2.75) is 25.5 Å². The fourth-order valence-corrected chi connectivity index (χ4v) is 3.96. The molecule has 2 aromatic carbocycles. The number of amides is 1. The van der Waals surface area contributed by atoms with Crippen LogP contribution in [-0.4, -0.2) is 21.8 Å². The molecule has 0 aliphatic carbocycles. The quantitative estimate of drug-likeness (QED) is 0.592. The molecule has 1 atom stereocenters. The van der Waals surface area contributed by atoms with Crippen molar-refractivity contribution in [3.05, 3.63) is 93.7 Å². The Labute approximate surface area is 177 Å². The van der Waals surface area contributed by atoms with Crippen molar-refractivity contribution in [3.63, 3.8) is 0 Å². The van der Waals surface area contributed by atoms with Crippen LogP contribution in [0.1, 0.15) is 33.5 Å². The van der Waals surface area contributed by atoms with E-state index in [-0.39, 0.29) is 12.2 Å². The van der Waals surface area contributed by atoms with Gasteiger partial charge in [-0.05, 0) is 42.8 Å². The Balaban J connectivity index is 1.71. The lowest BCUT2D eigenvalue weighted by atomic mass is 9.88. The number of hydrogen-bond donors (Lipinski definition) is 1. The highest BCUT2D eigenvalue weighted by Crippen LogP contribution is 2.44. The molecule has 6 heteroatoms. The van der Waals surface area contributed by atoms with E-state index < -0.39 is 11.5 Å². The molecular weight excluding hydrogens is 432 g/mol. The van der Waals surface area contributed by atoms with Crippen LogP contribution in [0.3, 0.4) is 0 Å². The average Bonchev–Trinajstić information content (AvgIpc) is 2.92. The van der Waals surface area contributed by atoms with E-state index in [1.165, 1.54) is 12.4 Å². The summed E-state index contributed by atoms with van der Waals surface area (Å²) in [6, 6.07) is 16.4. The molecule has 146 valence electrons. The standard InChI is InChI=1S/C23H19BrN2O3/c1-15-2-4-16(5-3-15)14-26-20-7-6-18(24)12-19(20)23(29,22(26)28)13-21(27)17-8-10-25-11-9-17/h2-12,29H,13-14H2,1H3. The summed E-state index contributed by atoms with van der Waals surface area (Å²) in [6.45, 7) is 2.32. The zero-order valence-electron chi connectivity index (χ0n) is 15.8. The number of Topliss-reactive ketones (excluding diaryl/α,β-unsaturated/α-hetero) is 1. The average molecular weight is 451 g/mol. The number of pyridine rings is 1. The van der Waals surface area contributed by atoms with Gasteiger partial charge in [-0.1, -0.05) is 45.8 Å². The van der Waals surface area contributed by atoms with Gasteiger partial charge in [-0.3, -0.25) is 14.6 Å². The van der Waals surface area contributed by atoms with Gasteiger partial charge in [0.1, 0.15) is 0 Å². The minimum atomic E-state index is -1.91. The number of carbonyl (C=O) groups is 2. The third-order valence-electron chi connectivity index (χ3n) is 5.17. The maximum absolute atomic E-state index is 13.3. The molecule has 5 nitrogen and oxygen atoms in total. The van der Waals surface area contributed by atoms with Crippen LogP contribution in [0.5, 0.6) is 0 Å². The fourth-order valence-electron chi connectivity index (χ4n) is 3.60. The Morgan fingerprint density at radius 2 is 1.79 bits per heavy atom. The highest BCUT2D eigenvalue weighted by molar-refractivity contribution is 9.10. The number of hydrogen-bond acceptors (Lipinski definition) is 4. The number of aromatic nitrogens is 1. The monoisotopic (exact) mass is 450 g/mol. The minimum Gasteiger partial charge on any atom is -0.375 e. The Hall–Kier alpha value is -2.83. The molecule has 1 aliphatic heterocycles. The Morgan fingerprint density at radius 3 is 2.48 bits per heavy atom. The number of anilines is 1. The maximum Gasteiger partial charge on any atom is 0.264 e. The van der Waals surface area contributed by atoms with E-state index in [1.54, 1.807) is 29.2 Å². The van der Waals surface area contributed by atoms with E-state index in [1.807, 2.05) is 37.3 Å². The summed E-state index contributed by atoms with van der Waals surface area (Å²) in [7, 11) is 0. The van der Waals surface area contributed by atoms with Gasteiger partial charge in [0.15, 0.2) is 11.4 Å². The van der Waals surface area contributed by atoms with E-state index >= 15 is 0 Å². The lowest BCUT2D eigenvalue weighted by molar-refractivity contribution is -0.136. The van der Waals surface area contributed by atoms with Crippen LogP contribution >= 0.6 is 15.9 Å². The predicted molar refractivity (Wildman–Crippen MR) is 114 cm³/mol. The smallest absolute Gasteiger partial charge is 0.264 e. The van der Waals surface area contributed by atoms with Gasteiger partial charge in [0, 0.05) is 28.0 Å². The van der Waals surface area contributed by atoms with Crippen molar-refractivity contribution in [3.8, 4) is 0 Å². The van der Waals surface area contributed by atoms with Crippen molar-refractivity contribution >= 4 is 33.3 Å². The molecule has 0 saturated heterocycles. The van der Waals surface area contributed by atoms with Gasteiger partial charge < -0.3 is 10.0 Å². The lowest BCUT2D eigenvalue weighted by Gasteiger charge is -2.23. The van der Waals surface area contributed by atoms with Crippen molar-refractivity contribution < 1.29 is 14.7 Å². The van der Waals surface area contributed by atoms with Gasteiger partial charge in [0.2, 0.25) is 0 Å². The molecule has 1 aliphatic rings. The number of benzene rings is 2. The molecule has 1 N–H and O–H groups in total. The second-order valence-corrected chi connectivity index (χ2v) is 8.15. The second-order valence-electron chi connectivity index (χ2n) is 7.23. The second kappa shape index (κ2) is 7.54. The molecule has 2 heterocycles. The van der Waals surface area contributed by atoms with Crippen LogP contribution in [0.2, 0.25) is 0 Å². The molecule has 0 radical (unpaired) electrons. The summed E-state index contributed by atoms with van der Waals surface area (Å²) in [5.41, 5.74) is 1.63. The van der Waals surface area contributed by atoms with Crippen molar-refractivity contribution in [1.82, 2.24) is 4.98 Å². The summed E-state index contributed by atoms with van der Waals surface area (Å²) in [6.07, 6.45) is 2.70. The molecule has 0 spiro atoms. The zero-order valence-corrected chi connectivity index (χ0v) is 17.4. The molecule has 4 rings (SSSR count). The third-order valence-corrected chi connectivity index (χ3v) is 5.67. The summed E-state index contributed by atoms with van der Waals surface area (Å²) < 4.78 is 0.732. The first-order chi connectivity index (χ1) is 13.9. The van der Waals surface area contributed by atoms with E-state index in [0.29, 0.717) is 23.4 Å². The van der Waals surface area contributed by atoms with Crippen LogP contribution in [0.25, 0.3) is 0 Å². The third kappa shape index (κ3) is 3.61. The lowest BCUT2D eigenvalue weighted by Crippen LogP contribution is -2.41. The predicted octanol–water partition coefficient (Wildman–Crippen LogP) is 4.16. The normalized spacial score (nSPS) is 18.0. The Kier molecular flexibility index (Phi) is 5.06. The molecule has 0 bridgehead atoms. The highest BCUT2D eigenvalue weighted by atomic mass is 79.9. The van der Waals surface area contributed by atoms with E-state index in [2.05, 4.69) is 20.9 Å². The van der Waals surface area contributed by atoms with E-state index in [0.717, 1.165) is 15.6 Å². The summed E-state index contributed by atoms with van der Waals surface area (Å²) in [4.78, 5) is 31.6. The highest BCUT2D eigenvalue weighted by Gasteiger charge is 2.51. The number of aliphatic hydroxyl groups is 1. The van der Waals surface area contributed by atoms with Gasteiger partial charge in [-0.15, -0.1) is 0 Å². The number of carbonyl (C=O) groups excluding carboxylic acids is 2. The van der Waals surface area contributed by atoms with E-state index in [4.69, 9.17) is 0 Å². The summed E-state index contributed by atoms with van der Waals surface area (Å²) >= 11 is 3.41. The molecule has 0 fully saturated rings. The van der Waals surface area contributed by atoms with Gasteiger partial charge >= 0.3 is 0 Å². The molecule has 29 heavy (non-hydrogen) atoms. The Bertz CT molecular complexity index is 1080. The first kappa shape index (κ1) is 19.5. The van der Waals surface area contributed by atoms with Crippen LogP contribution in [0, 0.1) is 6.92 Å². The van der Waals surface area contributed by atoms with Crippen LogP contribution in [-0.2, 0) is 16.9 Å². The summed E-state index contributed by atoms with van der Waals surface area (Å²) in [5.74, 6) is -0.806. The number of aryl methyl sites for hydroxylation is 1. The number of ketones is 1. The molecule has 1 unspecified atom stereocenters. The van der Waals surface area contributed by atoms with Gasteiger partial charge in [-0.25, -0.2) is 0 Å². The molecule has 1 aromatic heterocycles. The number of fused-ring (bicyclic) bond motifs is 1. The van der Waals surface area contributed by atoms with Crippen molar-refractivity contribution in [2.75, 3.05) is 4.90 Å². The molecular formula is C23H19BrN2O3. The number of rotatable bonds is 5. The van der Waals surface area contributed by atoms with Gasteiger partial charge in [0.25, 0.3) is 5.91 Å².